The van der Waals surface area contributed by atoms with Gasteiger partial charge >= 0.3 is 0 Å². The molecule has 0 aliphatic heterocycles. The summed E-state index contributed by atoms with van der Waals surface area (Å²) in [6.45, 7) is 0. The molecule has 3 nitrogen and oxygen atoms in total. The van der Waals surface area contributed by atoms with Crippen LogP contribution in [0.25, 0.3) is 0 Å². The largest absolute Gasteiger partial charge is 0.389 e. The van der Waals surface area contributed by atoms with Gasteiger partial charge in [0.15, 0.2) is 0 Å². The summed E-state index contributed by atoms with van der Waals surface area (Å²) >= 11 is 0. The van der Waals surface area contributed by atoms with Crippen molar-refractivity contribution in [2.45, 2.75) is 75.9 Å². The third-order valence-electron chi connectivity index (χ3n) is 4.66. The van der Waals surface area contributed by atoms with Crippen LogP contribution in [-0.2, 0) is 6.42 Å². The zero-order chi connectivity index (χ0) is 12.4. The summed E-state index contributed by atoms with van der Waals surface area (Å²) in [6.07, 6.45) is 13.7. The number of aromatic nitrogens is 2. The maximum Gasteiger partial charge on any atom is 0.0703 e. The molecule has 1 aromatic rings. The Kier molecular flexibility index (Phi) is 3.42. The Morgan fingerprint density at radius 1 is 1.17 bits per heavy atom. The van der Waals surface area contributed by atoms with Crippen molar-refractivity contribution in [1.82, 2.24) is 9.78 Å². The second-order valence-electron chi connectivity index (χ2n) is 6.19. The maximum atomic E-state index is 10.4. The third-order valence-corrected chi connectivity index (χ3v) is 4.66. The summed E-state index contributed by atoms with van der Waals surface area (Å²) in [5.41, 5.74) is 0.608. The molecule has 0 spiro atoms. The first-order valence-electron chi connectivity index (χ1n) is 7.52. The predicted molar refractivity (Wildman–Crippen MR) is 71.5 cm³/mol. The van der Waals surface area contributed by atoms with Gasteiger partial charge in [-0.2, -0.15) is 5.10 Å². The molecule has 3 rings (SSSR count). The third kappa shape index (κ3) is 2.61. The molecule has 1 aromatic heterocycles. The summed E-state index contributed by atoms with van der Waals surface area (Å²) in [4.78, 5) is 0. The van der Waals surface area contributed by atoms with E-state index in [9.17, 15) is 5.11 Å². The SMILES string of the molecule is OC1(Cc2ccn(C3CCCCC3)n2)CCCC1. The van der Waals surface area contributed by atoms with Crippen molar-refractivity contribution < 1.29 is 5.11 Å². The summed E-state index contributed by atoms with van der Waals surface area (Å²) in [5.74, 6) is 0. The summed E-state index contributed by atoms with van der Waals surface area (Å²) < 4.78 is 2.15. The van der Waals surface area contributed by atoms with E-state index in [1.807, 2.05) is 0 Å². The molecule has 0 unspecified atom stereocenters. The van der Waals surface area contributed by atoms with Gasteiger partial charge in [0.05, 0.1) is 17.3 Å². The van der Waals surface area contributed by atoms with Crippen molar-refractivity contribution >= 4 is 0 Å². The molecular weight excluding hydrogens is 224 g/mol. The molecule has 0 bridgehead atoms. The second kappa shape index (κ2) is 5.04. The highest BCUT2D eigenvalue weighted by Crippen LogP contribution is 2.33. The lowest BCUT2D eigenvalue weighted by Gasteiger charge is -2.22. The monoisotopic (exact) mass is 248 g/mol. The normalized spacial score (nSPS) is 24.5. The molecule has 0 radical (unpaired) electrons. The molecule has 0 amide bonds. The van der Waals surface area contributed by atoms with E-state index in [4.69, 9.17) is 5.10 Å². The van der Waals surface area contributed by atoms with Crippen molar-refractivity contribution in [3.05, 3.63) is 18.0 Å². The summed E-state index contributed by atoms with van der Waals surface area (Å²) in [6, 6.07) is 2.70. The van der Waals surface area contributed by atoms with Gasteiger partial charge in [-0.25, -0.2) is 0 Å². The number of rotatable bonds is 3. The minimum absolute atomic E-state index is 0.467. The summed E-state index contributed by atoms with van der Waals surface area (Å²) in [7, 11) is 0. The quantitative estimate of drug-likeness (QED) is 0.891. The lowest BCUT2D eigenvalue weighted by atomic mass is 9.96. The number of hydrogen-bond acceptors (Lipinski definition) is 2. The van der Waals surface area contributed by atoms with Gasteiger partial charge in [0.2, 0.25) is 0 Å². The van der Waals surface area contributed by atoms with E-state index in [2.05, 4.69) is 16.9 Å². The Balaban J connectivity index is 1.65. The molecule has 0 aromatic carbocycles. The summed E-state index contributed by atoms with van der Waals surface area (Å²) in [5, 5.41) is 15.1. The Labute approximate surface area is 109 Å². The van der Waals surface area contributed by atoms with E-state index in [0.717, 1.165) is 25.0 Å². The smallest absolute Gasteiger partial charge is 0.0703 e. The van der Waals surface area contributed by atoms with Gasteiger partial charge in [0.25, 0.3) is 0 Å². The van der Waals surface area contributed by atoms with Gasteiger partial charge < -0.3 is 5.11 Å². The van der Waals surface area contributed by atoms with Crippen molar-refractivity contribution in [2.24, 2.45) is 0 Å². The minimum Gasteiger partial charge on any atom is -0.389 e. The Morgan fingerprint density at radius 2 is 1.89 bits per heavy atom. The van der Waals surface area contributed by atoms with Gasteiger partial charge in [0, 0.05) is 12.6 Å². The van der Waals surface area contributed by atoms with Gasteiger partial charge in [-0.15, -0.1) is 0 Å². The topological polar surface area (TPSA) is 38.0 Å². The maximum absolute atomic E-state index is 10.4. The van der Waals surface area contributed by atoms with Crippen molar-refractivity contribution in [2.75, 3.05) is 0 Å². The lowest BCUT2D eigenvalue weighted by molar-refractivity contribution is 0.0470. The van der Waals surface area contributed by atoms with Crippen LogP contribution in [0.1, 0.15) is 69.5 Å². The fourth-order valence-corrected chi connectivity index (χ4v) is 3.57. The van der Waals surface area contributed by atoms with E-state index < -0.39 is 5.60 Å². The first kappa shape index (κ1) is 12.2. The highest BCUT2D eigenvalue weighted by atomic mass is 16.3. The fourth-order valence-electron chi connectivity index (χ4n) is 3.57. The van der Waals surface area contributed by atoms with E-state index in [-0.39, 0.29) is 0 Å². The molecule has 2 saturated carbocycles. The Morgan fingerprint density at radius 3 is 2.61 bits per heavy atom. The van der Waals surface area contributed by atoms with Crippen LogP contribution in [-0.4, -0.2) is 20.5 Å². The van der Waals surface area contributed by atoms with Crippen LogP contribution in [0.3, 0.4) is 0 Å². The molecule has 1 heterocycles. The molecular formula is C15H24N2O. The van der Waals surface area contributed by atoms with Crippen LogP contribution in [0.15, 0.2) is 12.3 Å². The van der Waals surface area contributed by atoms with Crippen LogP contribution in [0.2, 0.25) is 0 Å². The van der Waals surface area contributed by atoms with Gasteiger partial charge in [-0.3, -0.25) is 4.68 Å². The van der Waals surface area contributed by atoms with Crippen molar-refractivity contribution in [3.8, 4) is 0 Å². The van der Waals surface area contributed by atoms with Crippen LogP contribution in [0, 0.1) is 0 Å². The van der Waals surface area contributed by atoms with Crippen LogP contribution in [0.4, 0.5) is 0 Å². The molecule has 0 saturated heterocycles. The standard InChI is InChI=1S/C15H24N2O/c18-15(9-4-5-10-15)12-13-8-11-17(16-13)14-6-2-1-3-7-14/h8,11,14,18H,1-7,9-10,12H2. The van der Waals surface area contributed by atoms with Gasteiger partial charge in [-0.05, 0) is 31.7 Å². The zero-order valence-electron chi connectivity index (χ0n) is 11.1. The van der Waals surface area contributed by atoms with Crippen LogP contribution >= 0.6 is 0 Å². The van der Waals surface area contributed by atoms with E-state index >= 15 is 0 Å². The number of aliphatic hydroxyl groups is 1. The average Bonchev–Trinajstić information content (AvgIpc) is 3.00. The highest BCUT2D eigenvalue weighted by Gasteiger charge is 2.32. The lowest BCUT2D eigenvalue weighted by Crippen LogP contribution is -2.27. The number of nitrogens with zero attached hydrogens (tertiary/aromatic N) is 2. The Bertz CT molecular complexity index is 387. The molecule has 2 aliphatic carbocycles. The zero-order valence-corrected chi connectivity index (χ0v) is 11.1. The average molecular weight is 248 g/mol. The molecule has 3 heteroatoms. The molecule has 1 N–H and O–H groups in total. The van der Waals surface area contributed by atoms with E-state index in [1.54, 1.807) is 0 Å². The fraction of sp³-hybridized carbons (Fsp3) is 0.800. The number of hydrogen-bond donors (Lipinski definition) is 1. The molecule has 18 heavy (non-hydrogen) atoms. The highest BCUT2D eigenvalue weighted by molar-refractivity contribution is 5.06. The first-order chi connectivity index (χ1) is 8.75. The van der Waals surface area contributed by atoms with Crippen LogP contribution < -0.4 is 0 Å². The van der Waals surface area contributed by atoms with Crippen molar-refractivity contribution in [3.63, 3.8) is 0 Å². The van der Waals surface area contributed by atoms with Crippen molar-refractivity contribution in [1.29, 1.82) is 0 Å². The molecule has 0 atom stereocenters. The van der Waals surface area contributed by atoms with E-state index in [0.29, 0.717) is 6.04 Å². The molecule has 2 aliphatic rings. The molecule has 100 valence electrons. The first-order valence-corrected chi connectivity index (χ1v) is 7.52. The van der Waals surface area contributed by atoms with Crippen LogP contribution in [0.5, 0.6) is 0 Å². The molecule has 2 fully saturated rings. The second-order valence-corrected chi connectivity index (χ2v) is 6.19. The Hall–Kier alpha value is -0.830. The van der Waals surface area contributed by atoms with Gasteiger partial charge in [0.1, 0.15) is 0 Å². The minimum atomic E-state index is -0.467. The predicted octanol–water partition coefficient (Wildman–Crippen LogP) is 3.24. The van der Waals surface area contributed by atoms with Gasteiger partial charge in [-0.1, -0.05) is 32.1 Å². The van der Waals surface area contributed by atoms with E-state index in [1.165, 1.54) is 44.9 Å².